The van der Waals surface area contributed by atoms with Crippen molar-refractivity contribution < 1.29 is 23.1 Å². The van der Waals surface area contributed by atoms with Crippen LogP contribution in [0.1, 0.15) is 24.4 Å². The van der Waals surface area contributed by atoms with Crippen LogP contribution in [0.25, 0.3) is 22.3 Å². The monoisotopic (exact) mass is 521 g/mol. The summed E-state index contributed by atoms with van der Waals surface area (Å²) in [7, 11) is 0. The van der Waals surface area contributed by atoms with Crippen molar-refractivity contribution >= 4 is 28.8 Å². The minimum atomic E-state index is -1.24. The van der Waals surface area contributed by atoms with Crippen LogP contribution in [0.2, 0.25) is 0 Å². The van der Waals surface area contributed by atoms with Gasteiger partial charge < -0.3 is 14.9 Å². The molecule has 0 saturated carbocycles. The van der Waals surface area contributed by atoms with Gasteiger partial charge in [0, 0.05) is 43.0 Å². The number of alkyl halides is 1. The van der Waals surface area contributed by atoms with E-state index in [-0.39, 0.29) is 18.5 Å². The van der Waals surface area contributed by atoms with Gasteiger partial charge in [0.15, 0.2) is 0 Å². The lowest BCUT2D eigenvalue weighted by molar-refractivity contribution is -0.140. The van der Waals surface area contributed by atoms with Crippen molar-refractivity contribution in [3.63, 3.8) is 0 Å². The van der Waals surface area contributed by atoms with E-state index in [2.05, 4.69) is 19.9 Å². The van der Waals surface area contributed by atoms with E-state index in [0.29, 0.717) is 53.6 Å². The standard InChI is InChI=1S/C26H22F3N7O2/c27-16-1-2-19(29)18(7-16)21-8-17(28)12-36(21)22-4-3-20-24(34-22)23(33-13-32-20)15-9-30-26(31-10-15)35-6-5-14(11-35)25(37)38/h1-4,7,9-10,13-14,17,21H,5-6,8,11-12H2,(H,37,38)/t14-,17-,21+/m0/s1. The number of pyridine rings is 1. The molecule has 0 spiro atoms. The SMILES string of the molecule is O=C(O)[C@H]1CCN(c2ncc(-c3ncnc4ccc(N5C[C@@H](F)C[C@@H]5c5cc(F)ccc5F)nc34)cn2)C1. The lowest BCUT2D eigenvalue weighted by Crippen LogP contribution is -2.25. The molecule has 2 aliphatic rings. The van der Waals surface area contributed by atoms with Crippen LogP contribution in [0.4, 0.5) is 24.9 Å². The number of benzene rings is 1. The van der Waals surface area contributed by atoms with Gasteiger partial charge in [-0.2, -0.15) is 0 Å². The van der Waals surface area contributed by atoms with Crippen molar-refractivity contribution in [3.8, 4) is 11.3 Å². The van der Waals surface area contributed by atoms with E-state index < -0.39 is 35.7 Å². The number of aromatic nitrogens is 5. The molecule has 2 fully saturated rings. The average molecular weight is 522 g/mol. The third-order valence-electron chi connectivity index (χ3n) is 7.06. The summed E-state index contributed by atoms with van der Waals surface area (Å²) < 4.78 is 43.0. The van der Waals surface area contributed by atoms with E-state index in [4.69, 9.17) is 4.98 Å². The van der Waals surface area contributed by atoms with Crippen LogP contribution in [0, 0.1) is 17.6 Å². The predicted octanol–water partition coefficient (Wildman–Crippen LogP) is 3.96. The van der Waals surface area contributed by atoms with Crippen molar-refractivity contribution in [1.29, 1.82) is 0 Å². The van der Waals surface area contributed by atoms with Gasteiger partial charge in [-0.05, 0) is 36.8 Å². The van der Waals surface area contributed by atoms with Crippen molar-refractivity contribution in [2.45, 2.75) is 25.1 Å². The summed E-state index contributed by atoms with van der Waals surface area (Å²) in [5, 5.41) is 9.25. The second-order valence-corrected chi connectivity index (χ2v) is 9.47. The molecule has 38 heavy (non-hydrogen) atoms. The van der Waals surface area contributed by atoms with Gasteiger partial charge >= 0.3 is 5.97 Å². The van der Waals surface area contributed by atoms with Crippen LogP contribution < -0.4 is 9.80 Å². The number of carbonyl (C=O) groups is 1. The fourth-order valence-corrected chi connectivity index (χ4v) is 5.15. The molecule has 0 amide bonds. The first kappa shape index (κ1) is 24.0. The lowest BCUT2D eigenvalue weighted by atomic mass is 10.0. The van der Waals surface area contributed by atoms with Gasteiger partial charge in [-0.15, -0.1) is 0 Å². The quantitative estimate of drug-likeness (QED) is 0.417. The highest BCUT2D eigenvalue weighted by Crippen LogP contribution is 2.39. The first-order valence-electron chi connectivity index (χ1n) is 12.1. The molecule has 0 unspecified atom stereocenters. The molecular formula is C26H22F3N7O2. The molecule has 1 aromatic carbocycles. The lowest BCUT2D eigenvalue weighted by Gasteiger charge is -2.26. The van der Waals surface area contributed by atoms with E-state index in [1.54, 1.807) is 29.4 Å². The molecule has 194 valence electrons. The molecule has 2 aliphatic heterocycles. The van der Waals surface area contributed by atoms with Crippen molar-refractivity contribution in [3.05, 3.63) is 66.3 Å². The molecule has 0 radical (unpaired) electrons. The molecule has 2 saturated heterocycles. The first-order chi connectivity index (χ1) is 18.4. The largest absolute Gasteiger partial charge is 0.481 e. The van der Waals surface area contributed by atoms with Crippen LogP contribution in [-0.4, -0.2) is 61.8 Å². The second kappa shape index (κ2) is 9.51. The number of fused-ring (bicyclic) bond motifs is 1. The van der Waals surface area contributed by atoms with Gasteiger partial charge in [-0.3, -0.25) is 4.79 Å². The van der Waals surface area contributed by atoms with Gasteiger partial charge in [-0.1, -0.05) is 0 Å². The molecule has 12 heteroatoms. The highest BCUT2D eigenvalue weighted by Gasteiger charge is 2.36. The maximum absolute atomic E-state index is 14.6. The highest BCUT2D eigenvalue weighted by molar-refractivity contribution is 5.89. The molecule has 3 atom stereocenters. The highest BCUT2D eigenvalue weighted by atomic mass is 19.1. The molecule has 0 bridgehead atoms. The zero-order valence-corrected chi connectivity index (χ0v) is 20.0. The number of rotatable bonds is 5. The number of nitrogens with zero attached hydrogens (tertiary/aromatic N) is 7. The maximum atomic E-state index is 14.6. The Kier molecular flexibility index (Phi) is 6.01. The first-order valence-corrected chi connectivity index (χ1v) is 12.1. The Morgan fingerprint density at radius 3 is 2.61 bits per heavy atom. The molecule has 1 N–H and O–H groups in total. The van der Waals surface area contributed by atoms with Gasteiger partial charge in [0.05, 0.1) is 24.0 Å². The minimum Gasteiger partial charge on any atom is -0.481 e. The van der Waals surface area contributed by atoms with E-state index in [0.717, 1.165) is 18.2 Å². The third kappa shape index (κ3) is 4.35. The van der Waals surface area contributed by atoms with E-state index >= 15 is 0 Å². The van der Waals surface area contributed by atoms with Gasteiger partial charge in [0.1, 0.15) is 41.2 Å². The number of carboxylic acids is 1. The number of hydrogen-bond donors (Lipinski definition) is 1. The number of anilines is 2. The summed E-state index contributed by atoms with van der Waals surface area (Å²) in [6.45, 7) is 0.873. The number of halogens is 3. The summed E-state index contributed by atoms with van der Waals surface area (Å²) >= 11 is 0. The van der Waals surface area contributed by atoms with Crippen LogP contribution >= 0.6 is 0 Å². The number of hydrogen-bond acceptors (Lipinski definition) is 8. The predicted molar refractivity (Wildman–Crippen MR) is 132 cm³/mol. The Labute approximate surface area is 215 Å². The number of aliphatic carboxylic acids is 1. The normalized spacial score (nSPS) is 21.4. The van der Waals surface area contributed by atoms with Gasteiger partial charge in [0.25, 0.3) is 0 Å². The molecule has 6 rings (SSSR count). The second-order valence-electron chi connectivity index (χ2n) is 9.47. The zero-order valence-electron chi connectivity index (χ0n) is 20.0. The van der Waals surface area contributed by atoms with Crippen LogP contribution in [-0.2, 0) is 4.79 Å². The third-order valence-corrected chi connectivity index (χ3v) is 7.06. The van der Waals surface area contributed by atoms with E-state index in [1.807, 2.05) is 4.90 Å². The van der Waals surface area contributed by atoms with Crippen LogP contribution in [0.5, 0.6) is 0 Å². The van der Waals surface area contributed by atoms with Gasteiger partial charge in [-0.25, -0.2) is 38.1 Å². The smallest absolute Gasteiger partial charge is 0.308 e. The molecule has 4 aromatic rings. The van der Waals surface area contributed by atoms with E-state index in [9.17, 15) is 23.1 Å². The Morgan fingerprint density at radius 2 is 1.84 bits per heavy atom. The van der Waals surface area contributed by atoms with Gasteiger partial charge in [0.2, 0.25) is 5.95 Å². The molecule has 5 heterocycles. The Morgan fingerprint density at radius 1 is 1.03 bits per heavy atom. The van der Waals surface area contributed by atoms with E-state index in [1.165, 1.54) is 6.33 Å². The van der Waals surface area contributed by atoms with Crippen LogP contribution in [0.15, 0.2) is 49.1 Å². The average Bonchev–Trinajstić information content (AvgIpc) is 3.57. The molecular weight excluding hydrogens is 499 g/mol. The Bertz CT molecular complexity index is 1520. The summed E-state index contributed by atoms with van der Waals surface area (Å²) in [4.78, 5) is 36.9. The fraction of sp³-hybridized carbons (Fsp3) is 0.308. The minimum absolute atomic E-state index is 0.00672. The van der Waals surface area contributed by atoms with Crippen molar-refractivity contribution in [2.24, 2.45) is 5.92 Å². The number of carboxylic acid groups (broad SMARTS) is 1. The Hall–Kier alpha value is -4.35. The maximum Gasteiger partial charge on any atom is 0.308 e. The summed E-state index contributed by atoms with van der Waals surface area (Å²) in [6.07, 6.45) is 3.87. The summed E-state index contributed by atoms with van der Waals surface area (Å²) in [6, 6.07) is 5.84. The summed E-state index contributed by atoms with van der Waals surface area (Å²) in [5.41, 5.74) is 2.06. The van der Waals surface area contributed by atoms with Crippen molar-refractivity contribution in [2.75, 3.05) is 29.4 Å². The van der Waals surface area contributed by atoms with Crippen molar-refractivity contribution in [1.82, 2.24) is 24.9 Å². The zero-order chi connectivity index (χ0) is 26.4. The molecule has 3 aromatic heterocycles. The Balaban J connectivity index is 1.34. The molecule has 9 nitrogen and oxygen atoms in total. The van der Waals surface area contributed by atoms with Crippen LogP contribution in [0.3, 0.4) is 0 Å². The fourth-order valence-electron chi connectivity index (χ4n) is 5.15. The molecule has 0 aliphatic carbocycles. The topological polar surface area (TPSA) is 108 Å². The summed E-state index contributed by atoms with van der Waals surface area (Å²) in [5.74, 6) is -1.68.